The van der Waals surface area contributed by atoms with Crippen LogP contribution in [0, 0.1) is 16.0 Å². The summed E-state index contributed by atoms with van der Waals surface area (Å²) in [6.07, 6.45) is 0.833. The molecule has 0 atom stereocenters. The minimum atomic E-state index is -0.548. The Morgan fingerprint density at radius 1 is 1.11 bits per heavy atom. The lowest BCUT2D eigenvalue weighted by Gasteiger charge is -2.11. The van der Waals surface area contributed by atoms with Crippen LogP contribution in [0.2, 0.25) is 0 Å². The SMILES string of the molecule is CNc1ccc(C(=O)c2ccccc2C(=O)NCCC(C)C)cc1[N+](=O)[O-]. The zero-order chi connectivity index (χ0) is 20.0. The van der Waals surface area contributed by atoms with E-state index in [1.165, 1.54) is 18.2 Å². The summed E-state index contributed by atoms with van der Waals surface area (Å²) in [6.45, 7) is 4.64. The summed E-state index contributed by atoms with van der Waals surface area (Å²) >= 11 is 0. The zero-order valence-electron chi connectivity index (χ0n) is 15.6. The molecule has 0 saturated carbocycles. The molecule has 0 unspecified atom stereocenters. The van der Waals surface area contributed by atoms with Crippen LogP contribution in [0.5, 0.6) is 0 Å². The molecule has 7 heteroatoms. The first-order valence-electron chi connectivity index (χ1n) is 8.73. The van der Waals surface area contributed by atoms with Crippen molar-refractivity contribution >= 4 is 23.1 Å². The molecular weight excluding hydrogens is 346 g/mol. The maximum absolute atomic E-state index is 12.9. The third-order valence-electron chi connectivity index (χ3n) is 4.15. The van der Waals surface area contributed by atoms with Gasteiger partial charge in [-0.3, -0.25) is 19.7 Å². The van der Waals surface area contributed by atoms with Gasteiger partial charge in [-0.1, -0.05) is 32.0 Å². The molecule has 0 heterocycles. The van der Waals surface area contributed by atoms with Crippen LogP contribution >= 0.6 is 0 Å². The van der Waals surface area contributed by atoms with Gasteiger partial charge in [0, 0.05) is 30.8 Å². The maximum atomic E-state index is 12.9. The Hall–Kier alpha value is -3.22. The number of benzene rings is 2. The van der Waals surface area contributed by atoms with Crippen molar-refractivity contribution in [1.29, 1.82) is 0 Å². The fraction of sp³-hybridized carbons (Fsp3) is 0.300. The molecule has 2 rings (SSSR count). The van der Waals surface area contributed by atoms with E-state index in [-0.39, 0.29) is 28.3 Å². The minimum absolute atomic E-state index is 0.156. The number of anilines is 1. The van der Waals surface area contributed by atoms with Crippen molar-refractivity contribution in [2.24, 2.45) is 5.92 Å². The number of amides is 1. The highest BCUT2D eigenvalue weighted by atomic mass is 16.6. The Kier molecular flexibility index (Phi) is 6.65. The first-order valence-corrected chi connectivity index (χ1v) is 8.73. The zero-order valence-corrected chi connectivity index (χ0v) is 15.6. The van der Waals surface area contributed by atoms with E-state index >= 15 is 0 Å². The van der Waals surface area contributed by atoms with Crippen LogP contribution in [0.25, 0.3) is 0 Å². The Balaban J connectivity index is 2.33. The van der Waals surface area contributed by atoms with Gasteiger partial charge in [0.05, 0.1) is 10.5 Å². The molecule has 2 N–H and O–H groups in total. The van der Waals surface area contributed by atoms with Crippen molar-refractivity contribution in [3.8, 4) is 0 Å². The van der Waals surface area contributed by atoms with Gasteiger partial charge >= 0.3 is 0 Å². The van der Waals surface area contributed by atoms with Gasteiger partial charge in [0.2, 0.25) is 0 Å². The van der Waals surface area contributed by atoms with Crippen LogP contribution in [-0.4, -0.2) is 30.2 Å². The highest BCUT2D eigenvalue weighted by Gasteiger charge is 2.21. The van der Waals surface area contributed by atoms with Gasteiger partial charge < -0.3 is 10.6 Å². The molecular formula is C20H23N3O4. The fourth-order valence-electron chi connectivity index (χ4n) is 2.64. The summed E-state index contributed by atoms with van der Waals surface area (Å²) in [5.41, 5.74) is 0.749. The summed E-state index contributed by atoms with van der Waals surface area (Å²) in [6, 6.07) is 10.7. The van der Waals surface area contributed by atoms with E-state index < -0.39 is 10.7 Å². The van der Waals surface area contributed by atoms with Crippen molar-refractivity contribution in [2.75, 3.05) is 18.9 Å². The second-order valence-corrected chi connectivity index (χ2v) is 6.55. The molecule has 0 bridgehead atoms. The van der Waals surface area contributed by atoms with Crippen LogP contribution < -0.4 is 10.6 Å². The number of nitro groups is 1. The van der Waals surface area contributed by atoms with Crippen molar-refractivity contribution < 1.29 is 14.5 Å². The number of nitrogens with zero attached hydrogens (tertiary/aromatic N) is 1. The number of carbonyl (C=O) groups excluding carboxylic acids is 2. The van der Waals surface area contributed by atoms with E-state index in [0.717, 1.165) is 6.42 Å². The van der Waals surface area contributed by atoms with Crippen LogP contribution in [0.3, 0.4) is 0 Å². The normalized spacial score (nSPS) is 10.5. The van der Waals surface area contributed by atoms with Gasteiger partial charge in [-0.15, -0.1) is 0 Å². The highest BCUT2D eigenvalue weighted by molar-refractivity contribution is 6.15. The molecule has 2 aromatic rings. The molecule has 0 saturated heterocycles. The number of ketones is 1. The van der Waals surface area contributed by atoms with E-state index in [0.29, 0.717) is 18.2 Å². The fourth-order valence-corrected chi connectivity index (χ4v) is 2.64. The number of nitrogens with one attached hydrogen (secondary N) is 2. The van der Waals surface area contributed by atoms with Crippen molar-refractivity contribution in [3.05, 3.63) is 69.3 Å². The second-order valence-electron chi connectivity index (χ2n) is 6.55. The second kappa shape index (κ2) is 8.93. The monoisotopic (exact) mass is 369 g/mol. The summed E-state index contributed by atoms with van der Waals surface area (Å²) in [7, 11) is 1.57. The standard InChI is InChI=1S/C20H23N3O4/c1-13(2)10-11-22-20(25)16-7-5-4-6-15(16)19(24)14-8-9-17(21-3)18(12-14)23(26)27/h4-9,12-13,21H,10-11H2,1-3H3,(H,22,25). The lowest BCUT2D eigenvalue weighted by Crippen LogP contribution is -2.27. The van der Waals surface area contributed by atoms with Gasteiger partial charge in [-0.25, -0.2) is 0 Å². The smallest absolute Gasteiger partial charge is 0.293 e. The van der Waals surface area contributed by atoms with Crippen molar-refractivity contribution in [2.45, 2.75) is 20.3 Å². The molecule has 27 heavy (non-hydrogen) atoms. The molecule has 0 aliphatic carbocycles. The van der Waals surface area contributed by atoms with E-state index in [2.05, 4.69) is 24.5 Å². The Morgan fingerprint density at radius 2 is 1.78 bits per heavy atom. The van der Waals surface area contributed by atoms with E-state index in [9.17, 15) is 19.7 Å². The number of rotatable bonds is 8. The van der Waals surface area contributed by atoms with Crippen LogP contribution in [0.15, 0.2) is 42.5 Å². The molecule has 0 fully saturated rings. The lowest BCUT2D eigenvalue weighted by atomic mass is 9.97. The maximum Gasteiger partial charge on any atom is 0.293 e. The van der Waals surface area contributed by atoms with Gasteiger partial charge in [-0.05, 0) is 30.5 Å². The summed E-state index contributed by atoms with van der Waals surface area (Å²) in [4.78, 5) is 36.1. The molecule has 0 aliphatic heterocycles. The predicted octanol–water partition coefficient (Wildman–Crippen LogP) is 3.64. The third-order valence-corrected chi connectivity index (χ3v) is 4.15. The average Bonchev–Trinajstić information content (AvgIpc) is 2.66. The van der Waals surface area contributed by atoms with Gasteiger partial charge in [0.1, 0.15) is 5.69 Å². The quantitative estimate of drug-likeness (QED) is 0.420. The Labute approximate surface area is 157 Å². The summed E-state index contributed by atoms with van der Waals surface area (Å²) in [5, 5.41) is 16.8. The van der Waals surface area contributed by atoms with Crippen molar-refractivity contribution in [1.82, 2.24) is 5.32 Å². The molecule has 7 nitrogen and oxygen atoms in total. The minimum Gasteiger partial charge on any atom is -0.383 e. The van der Waals surface area contributed by atoms with Gasteiger partial charge in [0.25, 0.3) is 11.6 Å². The molecule has 1 amide bonds. The lowest BCUT2D eigenvalue weighted by molar-refractivity contribution is -0.384. The van der Waals surface area contributed by atoms with Gasteiger partial charge in [0.15, 0.2) is 5.78 Å². The summed E-state index contributed by atoms with van der Waals surface area (Å²) in [5.74, 6) is -0.315. The number of carbonyl (C=O) groups is 2. The Morgan fingerprint density at radius 3 is 2.37 bits per heavy atom. The van der Waals surface area contributed by atoms with E-state index in [1.54, 1.807) is 31.3 Å². The first-order chi connectivity index (χ1) is 12.8. The van der Waals surface area contributed by atoms with E-state index in [4.69, 9.17) is 0 Å². The average molecular weight is 369 g/mol. The van der Waals surface area contributed by atoms with Crippen LogP contribution in [-0.2, 0) is 0 Å². The van der Waals surface area contributed by atoms with Gasteiger partial charge in [-0.2, -0.15) is 0 Å². The molecule has 0 aromatic heterocycles. The van der Waals surface area contributed by atoms with Crippen LogP contribution in [0.4, 0.5) is 11.4 Å². The third kappa shape index (κ3) is 4.91. The first kappa shape index (κ1) is 20.1. The summed E-state index contributed by atoms with van der Waals surface area (Å²) < 4.78 is 0. The highest BCUT2D eigenvalue weighted by Crippen LogP contribution is 2.26. The predicted molar refractivity (Wildman–Crippen MR) is 104 cm³/mol. The largest absolute Gasteiger partial charge is 0.383 e. The number of nitro benzene ring substituents is 1. The van der Waals surface area contributed by atoms with E-state index in [1.807, 2.05) is 0 Å². The molecule has 142 valence electrons. The Bertz CT molecular complexity index is 862. The molecule has 2 aromatic carbocycles. The molecule has 0 aliphatic rings. The number of hydrogen-bond acceptors (Lipinski definition) is 5. The van der Waals surface area contributed by atoms with Crippen molar-refractivity contribution in [3.63, 3.8) is 0 Å². The van der Waals surface area contributed by atoms with Crippen LogP contribution in [0.1, 0.15) is 46.5 Å². The topological polar surface area (TPSA) is 101 Å². The molecule has 0 spiro atoms. The molecule has 0 radical (unpaired) electrons. The number of hydrogen-bond donors (Lipinski definition) is 2.